The van der Waals surface area contributed by atoms with E-state index in [0.717, 1.165) is 44.4 Å². The van der Waals surface area contributed by atoms with Crippen molar-refractivity contribution in [3.05, 3.63) is 53.2 Å². The lowest BCUT2D eigenvalue weighted by Gasteiger charge is -2.33. The number of rotatable bonds is 4. The summed E-state index contributed by atoms with van der Waals surface area (Å²) in [5.41, 5.74) is 7.82. The summed E-state index contributed by atoms with van der Waals surface area (Å²) in [5, 5.41) is 8.40. The fraction of sp³-hybridized carbons (Fsp3) is 0.190. The third-order valence-electron chi connectivity index (χ3n) is 5.06. The predicted molar refractivity (Wildman–Crippen MR) is 119 cm³/mol. The minimum absolute atomic E-state index is 0.341. The summed E-state index contributed by atoms with van der Waals surface area (Å²) in [6.45, 7) is 1.93. The van der Waals surface area contributed by atoms with E-state index in [1.807, 2.05) is 35.7 Å². The third-order valence-corrected chi connectivity index (χ3v) is 6.80. The van der Waals surface area contributed by atoms with Crippen molar-refractivity contribution < 1.29 is 4.79 Å². The molecule has 5 rings (SSSR count). The lowest BCUT2D eigenvalue weighted by molar-refractivity contribution is -0.120. The molecular formula is C21H19N5OS2. The highest BCUT2D eigenvalue weighted by molar-refractivity contribution is 7.17. The van der Waals surface area contributed by atoms with Crippen molar-refractivity contribution >= 4 is 44.6 Å². The van der Waals surface area contributed by atoms with Crippen LogP contribution in [0.1, 0.15) is 0 Å². The average molecular weight is 422 g/mol. The molecule has 1 fully saturated rings. The number of aromatic nitrogens is 2. The minimum atomic E-state index is -0.391. The Hall–Kier alpha value is -2.81. The van der Waals surface area contributed by atoms with E-state index in [0.29, 0.717) is 13.1 Å². The van der Waals surface area contributed by atoms with E-state index in [1.54, 1.807) is 22.7 Å². The number of anilines is 1. The molecule has 1 aliphatic heterocycles. The molecule has 1 aliphatic rings. The lowest BCUT2D eigenvalue weighted by Crippen LogP contribution is -2.56. The maximum absolute atomic E-state index is 11.8. The van der Waals surface area contributed by atoms with Crippen molar-refractivity contribution in [2.45, 2.75) is 6.04 Å². The van der Waals surface area contributed by atoms with Crippen molar-refractivity contribution in [1.82, 2.24) is 15.3 Å². The maximum Gasteiger partial charge on any atom is 0.236 e. The first-order valence-corrected chi connectivity index (χ1v) is 11.1. The molecule has 1 amide bonds. The van der Waals surface area contributed by atoms with Gasteiger partial charge in [-0.3, -0.25) is 4.79 Å². The average Bonchev–Trinajstić information content (AvgIpc) is 3.44. The molecule has 0 bridgehead atoms. The van der Waals surface area contributed by atoms with Crippen LogP contribution in [0.3, 0.4) is 0 Å². The van der Waals surface area contributed by atoms with Crippen molar-refractivity contribution in [2.75, 3.05) is 24.5 Å². The van der Waals surface area contributed by atoms with Crippen LogP contribution in [0.4, 0.5) is 5.82 Å². The number of carbonyl (C=O) groups excluding carboxylic acids is 1. The summed E-state index contributed by atoms with van der Waals surface area (Å²) in [5.74, 6) is 1.25. The molecule has 0 spiro atoms. The Labute approximate surface area is 176 Å². The number of carbonyl (C=O) groups is 1. The number of hydrogen-bond acceptors (Lipinski definition) is 7. The topological polar surface area (TPSA) is 84.1 Å². The number of nitrogens with two attached hydrogens (primary N) is 1. The number of piperazine rings is 1. The number of amides is 1. The number of primary amides is 1. The van der Waals surface area contributed by atoms with Gasteiger partial charge in [-0.1, -0.05) is 36.4 Å². The molecule has 0 unspecified atom stereocenters. The highest BCUT2D eigenvalue weighted by atomic mass is 32.1. The van der Waals surface area contributed by atoms with Crippen LogP contribution < -0.4 is 16.0 Å². The molecule has 146 valence electrons. The van der Waals surface area contributed by atoms with Gasteiger partial charge in [-0.05, 0) is 17.0 Å². The summed E-state index contributed by atoms with van der Waals surface area (Å²) in [6, 6.07) is 13.9. The molecule has 3 aromatic heterocycles. The van der Waals surface area contributed by atoms with Crippen molar-refractivity contribution in [3.8, 4) is 21.8 Å². The van der Waals surface area contributed by atoms with Gasteiger partial charge >= 0.3 is 0 Å². The summed E-state index contributed by atoms with van der Waals surface area (Å²) < 4.78 is 0. The molecule has 1 aromatic carbocycles. The Morgan fingerprint density at radius 1 is 1.14 bits per heavy atom. The number of benzene rings is 1. The molecule has 6 nitrogen and oxygen atoms in total. The van der Waals surface area contributed by atoms with Crippen LogP contribution in [0.2, 0.25) is 0 Å². The highest BCUT2D eigenvalue weighted by Gasteiger charge is 2.27. The van der Waals surface area contributed by atoms with Gasteiger partial charge in [0.2, 0.25) is 5.91 Å². The number of nitrogens with one attached hydrogen (secondary N) is 1. The summed E-state index contributed by atoms with van der Waals surface area (Å²) >= 11 is 3.25. The summed E-state index contributed by atoms with van der Waals surface area (Å²) in [4.78, 5) is 25.8. The van der Waals surface area contributed by atoms with E-state index in [9.17, 15) is 4.79 Å². The molecule has 8 heteroatoms. The van der Waals surface area contributed by atoms with E-state index >= 15 is 0 Å². The second-order valence-corrected chi connectivity index (χ2v) is 8.70. The fourth-order valence-electron chi connectivity index (χ4n) is 3.63. The van der Waals surface area contributed by atoms with Gasteiger partial charge in [0, 0.05) is 30.6 Å². The van der Waals surface area contributed by atoms with Crippen LogP contribution >= 0.6 is 22.7 Å². The highest BCUT2D eigenvalue weighted by Crippen LogP contribution is 2.40. The molecule has 29 heavy (non-hydrogen) atoms. The first-order valence-electron chi connectivity index (χ1n) is 9.37. The Kier molecular flexibility index (Phi) is 4.75. The Morgan fingerprint density at radius 3 is 2.76 bits per heavy atom. The van der Waals surface area contributed by atoms with Gasteiger partial charge in [-0.15, -0.1) is 22.7 Å². The number of fused-ring (bicyclic) bond motifs is 1. The zero-order chi connectivity index (χ0) is 19.8. The van der Waals surface area contributed by atoms with Crippen molar-refractivity contribution in [2.24, 2.45) is 5.73 Å². The summed E-state index contributed by atoms with van der Waals surface area (Å²) in [6.07, 6.45) is 0. The fourth-order valence-corrected chi connectivity index (χ4v) is 5.23. The van der Waals surface area contributed by atoms with Crippen molar-refractivity contribution in [3.63, 3.8) is 0 Å². The van der Waals surface area contributed by atoms with Gasteiger partial charge in [0.05, 0.1) is 10.3 Å². The van der Waals surface area contributed by atoms with Crippen LogP contribution in [0.5, 0.6) is 0 Å². The third kappa shape index (κ3) is 3.39. The normalized spacial score (nSPS) is 17.0. The number of hydrogen-bond donors (Lipinski definition) is 2. The van der Waals surface area contributed by atoms with E-state index in [-0.39, 0.29) is 5.91 Å². The summed E-state index contributed by atoms with van der Waals surface area (Å²) in [7, 11) is 0. The van der Waals surface area contributed by atoms with Gasteiger partial charge in [-0.25, -0.2) is 9.97 Å². The molecule has 4 heterocycles. The van der Waals surface area contributed by atoms with Crippen LogP contribution in [-0.4, -0.2) is 41.6 Å². The lowest BCUT2D eigenvalue weighted by atomic mass is 10.1. The smallest absolute Gasteiger partial charge is 0.236 e. The largest absolute Gasteiger partial charge is 0.368 e. The van der Waals surface area contributed by atoms with E-state index in [1.165, 1.54) is 0 Å². The zero-order valence-corrected chi connectivity index (χ0v) is 17.2. The standard InChI is InChI=1S/C21H19N5OS2/c22-18(27)15-11-26(9-8-23-15)20-17-14(13-5-2-1-3-6-13)12-29-21(17)25-19(24-20)16-7-4-10-28-16/h1-7,10,12,15,23H,8-9,11H2,(H2,22,27)/t15-/m0/s1. The Bertz CT molecular complexity index is 1160. The maximum atomic E-state index is 11.8. The van der Waals surface area contributed by atoms with Crippen molar-refractivity contribution in [1.29, 1.82) is 0 Å². The molecule has 3 N–H and O–H groups in total. The predicted octanol–water partition coefficient (Wildman–Crippen LogP) is 3.35. The van der Waals surface area contributed by atoms with E-state index in [4.69, 9.17) is 15.7 Å². The van der Waals surface area contributed by atoms with Crippen LogP contribution in [0.15, 0.2) is 53.2 Å². The van der Waals surface area contributed by atoms with Gasteiger partial charge in [-0.2, -0.15) is 0 Å². The molecule has 0 aliphatic carbocycles. The van der Waals surface area contributed by atoms with E-state index in [2.05, 4.69) is 27.7 Å². The molecule has 0 radical (unpaired) electrons. The van der Waals surface area contributed by atoms with Crippen LogP contribution in [-0.2, 0) is 4.79 Å². The molecule has 1 saturated heterocycles. The quantitative estimate of drug-likeness (QED) is 0.528. The second kappa shape index (κ2) is 7.55. The molecular weight excluding hydrogens is 402 g/mol. The second-order valence-electron chi connectivity index (χ2n) is 6.90. The van der Waals surface area contributed by atoms with Gasteiger partial charge in [0.1, 0.15) is 16.7 Å². The zero-order valence-electron chi connectivity index (χ0n) is 15.5. The van der Waals surface area contributed by atoms with Crippen LogP contribution in [0.25, 0.3) is 32.0 Å². The monoisotopic (exact) mass is 421 g/mol. The Morgan fingerprint density at radius 2 is 2.00 bits per heavy atom. The first-order chi connectivity index (χ1) is 14.2. The van der Waals surface area contributed by atoms with Gasteiger partial charge in [0.15, 0.2) is 5.82 Å². The van der Waals surface area contributed by atoms with Crippen LogP contribution in [0, 0.1) is 0 Å². The SMILES string of the molecule is NC(=O)[C@@H]1CN(c2nc(-c3cccs3)nc3scc(-c4ccccc4)c23)CCN1. The van der Waals surface area contributed by atoms with E-state index < -0.39 is 6.04 Å². The minimum Gasteiger partial charge on any atom is -0.368 e. The first kappa shape index (κ1) is 18.2. The molecule has 1 atom stereocenters. The number of nitrogens with zero attached hydrogens (tertiary/aromatic N) is 3. The van der Waals surface area contributed by atoms with Gasteiger partial charge in [0.25, 0.3) is 0 Å². The molecule has 0 saturated carbocycles. The van der Waals surface area contributed by atoms with Gasteiger partial charge < -0.3 is 16.0 Å². The number of thiophene rings is 2. The Balaban J connectivity index is 1.70. The molecule has 4 aromatic rings.